The van der Waals surface area contributed by atoms with Crippen LogP contribution in [-0.4, -0.2) is 21.0 Å². The SMILES string of the molecule is O=C(NC(NC(=S)Nc1cccc2ccccc12)C(Cl)(Cl)Cl)c1ccccc1Br. The van der Waals surface area contributed by atoms with Crippen molar-refractivity contribution in [1.29, 1.82) is 0 Å². The highest BCUT2D eigenvalue weighted by Crippen LogP contribution is 2.30. The van der Waals surface area contributed by atoms with Gasteiger partial charge in [0.25, 0.3) is 5.91 Å². The number of rotatable bonds is 4. The normalized spacial score (nSPS) is 12.3. The minimum absolute atomic E-state index is 0.199. The molecule has 0 aromatic heterocycles. The number of hydrogen-bond donors (Lipinski definition) is 3. The third kappa shape index (κ3) is 5.74. The molecule has 150 valence electrons. The van der Waals surface area contributed by atoms with Crippen molar-refractivity contribution in [3.05, 3.63) is 76.8 Å². The van der Waals surface area contributed by atoms with E-state index in [9.17, 15) is 4.79 Å². The van der Waals surface area contributed by atoms with E-state index in [1.54, 1.807) is 24.3 Å². The first kappa shape index (κ1) is 22.1. The fraction of sp³-hybridized carbons (Fsp3) is 0.100. The molecule has 0 radical (unpaired) electrons. The van der Waals surface area contributed by atoms with E-state index in [1.165, 1.54) is 0 Å². The highest BCUT2D eigenvalue weighted by Gasteiger charge is 2.35. The van der Waals surface area contributed by atoms with E-state index >= 15 is 0 Å². The van der Waals surface area contributed by atoms with Crippen LogP contribution in [0.2, 0.25) is 0 Å². The van der Waals surface area contributed by atoms with Gasteiger partial charge < -0.3 is 16.0 Å². The van der Waals surface area contributed by atoms with Gasteiger partial charge in [-0.2, -0.15) is 0 Å². The van der Waals surface area contributed by atoms with Crippen LogP contribution in [0.5, 0.6) is 0 Å². The number of amides is 1. The van der Waals surface area contributed by atoms with Gasteiger partial charge in [0.05, 0.1) is 5.56 Å². The van der Waals surface area contributed by atoms with Gasteiger partial charge in [-0.15, -0.1) is 0 Å². The molecule has 0 aliphatic carbocycles. The van der Waals surface area contributed by atoms with Crippen molar-refractivity contribution in [3.8, 4) is 0 Å². The molecule has 0 fully saturated rings. The van der Waals surface area contributed by atoms with Gasteiger partial charge in [-0.05, 0) is 51.7 Å². The molecule has 1 atom stereocenters. The molecule has 1 unspecified atom stereocenters. The first-order valence-electron chi connectivity index (χ1n) is 8.43. The molecular weight excluding hydrogens is 517 g/mol. The standard InChI is InChI=1S/C20H15BrCl3N3OS/c21-15-10-4-3-9-14(15)17(28)26-18(20(22,23)24)27-19(29)25-16-11-5-7-12-6-1-2-8-13(12)16/h1-11,18H,(H,26,28)(H2,25,27,29). The summed E-state index contributed by atoms with van der Waals surface area (Å²) in [6, 6.07) is 20.6. The number of anilines is 1. The van der Waals surface area contributed by atoms with Gasteiger partial charge in [0, 0.05) is 15.5 Å². The van der Waals surface area contributed by atoms with Crippen LogP contribution in [0.1, 0.15) is 10.4 Å². The van der Waals surface area contributed by atoms with Crippen molar-refractivity contribution in [3.63, 3.8) is 0 Å². The van der Waals surface area contributed by atoms with Crippen LogP contribution < -0.4 is 16.0 Å². The predicted octanol–water partition coefficient (Wildman–Crippen LogP) is 6.02. The summed E-state index contributed by atoms with van der Waals surface area (Å²) in [5.41, 5.74) is 1.20. The third-order valence-corrected chi connectivity index (χ3v) is 5.60. The summed E-state index contributed by atoms with van der Waals surface area (Å²) in [5, 5.41) is 10.9. The van der Waals surface area contributed by atoms with E-state index in [0.29, 0.717) is 10.0 Å². The Balaban J connectivity index is 1.76. The third-order valence-electron chi connectivity index (χ3n) is 4.03. The Bertz CT molecular complexity index is 1050. The molecule has 3 aromatic carbocycles. The second-order valence-corrected chi connectivity index (χ2v) is 9.68. The molecule has 9 heteroatoms. The second kappa shape index (κ2) is 9.49. The quantitative estimate of drug-likeness (QED) is 0.219. The highest BCUT2D eigenvalue weighted by atomic mass is 79.9. The Kier molecular flexibility index (Phi) is 7.24. The molecule has 1 amide bonds. The zero-order valence-corrected chi connectivity index (χ0v) is 19.4. The Hall–Kier alpha value is -1.57. The Morgan fingerprint density at radius 2 is 1.59 bits per heavy atom. The van der Waals surface area contributed by atoms with Crippen LogP contribution in [0, 0.1) is 0 Å². The van der Waals surface area contributed by atoms with Crippen molar-refractivity contribution in [2.75, 3.05) is 5.32 Å². The zero-order valence-electron chi connectivity index (χ0n) is 14.8. The van der Waals surface area contributed by atoms with Crippen molar-refractivity contribution in [1.82, 2.24) is 10.6 Å². The first-order valence-corrected chi connectivity index (χ1v) is 10.8. The van der Waals surface area contributed by atoms with Gasteiger partial charge in [-0.1, -0.05) is 83.3 Å². The second-order valence-electron chi connectivity index (χ2n) is 6.05. The highest BCUT2D eigenvalue weighted by molar-refractivity contribution is 9.10. The van der Waals surface area contributed by atoms with Crippen LogP contribution in [-0.2, 0) is 0 Å². The fourth-order valence-electron chi connectivity index (χ4n) is 2.68. The number of thiocarbonyl (C=S) groups is 1. The molecule has 3 rings (SSSR count). The smallest absolute Gasteiger partial charge is 0.254 e. The Labute approximate surface area is 197 Å². The number of carbonyl (C=O) groups excluding carboxylic acids is 1. The lowest BCUT2D eigenvalue weighted by molar-refractivity contribution is 0.0934. The molecule has 3 aromatic rings. The number of nitrogens with one attached hydrogen (secondary N) is 3. The van der Waals surface area contributed by atoms with Crippen LogP contribution in [0.15, 0.2) is 71.2 Å². The van der Waals surface area contributed by atoms with Gasteiger partial charge in [0.2, 0.25) is 3.79 Å². The number of benzene rings is 3. The maximum absolute atomic E-state index is 12.6. The Morgan fingerprint density at radius 3 is 2.31 bits per heavy atom. The average molecular weight is 532 g/mol. The van der Waals surface area contributed by atoms with Gasteiger partial charge in [0.15, 0.2) is 5.11 Å². The first-order chi connectivity index (χ1) is 13.8. The Morgan fingerprint density at radius 1 is 0.931 bits per heavy atom. The van der Waals surface area contributed by atoms with Gasteiger partial charge in [-0.3, -0.25) is 4.79 Å². The van der Waals surface area contributed by atoms with Crippen LogP contribution in [0.25, 0.3) is 10.8 Å². The van der Waals surface area contributed by atoms with E-state index in [2.05, 4.69) is 31.9 Å². The molecular formula is C20H15BrCl3N3OS. The maximum Gasteiger partial charge on any atom is 0.254 e. The van der Waals surface area contributed by atoms with E-state index in [0.717, 1.165) is 16.5 Å². The summed E-state index contributed by atoms with van der Waals surface area (Å²) in [7, 11) is 0. The van der Waals surface area contributed by atoms with E-state index in [1.807, 2.05) is 42.5 Å². The molecule has 3 N–H and O–H groups in total. The molecule has 0 bridgehead atoms. The van der Waals surface area contributed by atoms with Gasteiger partial charge in [0.1, 0.15) is 6.17 Å². The molecule has 29 heavy (non-hydrogen) atoms. The monoisotopic (exact) mass is 529 g/mol. The molecule has 0 heterocycles. The van der Waals surface area contributed by atoms with E-state index in [-0.39, 0.29) is 5.11 Å². The largest absolute Gasteiger partial charge is 0.339 e. The number of carbonyl (C=O) groups is 1. The van der Waals surface area contributed by atoms with Crippen molar-refractivity contribution in [2.24, 2.45) is 0 Å². The minimum Gasteiger partial charge on any atom is -0.339 e. The van der Waals surface area contributed by atoms with Gasteiger partial charge >= 0.3 is 0 Å². The fourth-order valence-corrected chi connectivity index (χ4v) is 3.70. The van der Waals surface area contributed by atoms with E-state index < -0.39 is 15.9 Å². The molecule has 0 saturated carbocycles. The van der Waals surface area contributed by atoms with Crippen molar-refractivity contribution >= 4 is 90.4 Å². The predicted molar refractivity (Wildman–Crippen MR) is 129 cm³/mol. The van der Waals surface area contributed by atoms with Crippen LogP contribution in [0.4, 0.5) is 5.69 Å². The maximum atomic E-state index is 12.6. The topological polar surface area (TPSA) is 53.2 Å². The summed E-state index contributed by atoms with van der Waals surface area (Å²) in [5.74, 6) is -0.422. The summed E-state index contributed by atoms with van der Waals surface area (Å²) in [4.78, 5) is 12.6. The van der Waals surface area contributed by atoms with Crippen molar-refractivity contribution < 1.29 is 4.79 Å². The molecule has 0 saturated heterocycles. The van der Waals surface area contributed by atoms with Crippen LogP contribution in [0.3, 0.4) is 0 Å². The van der Waals surface area contributed by atoms with E-state index in [4.69, 9.17) is 47.0 Å². The van der Waals surface area contributed by atoms with Crippen LogP contribution >= 0.6 is 63.0 Å². The molecule has 0 aliphatic rings. The van der Waals surface area contributed by atoms with Gasteiger partial charge in [-0.25, -0.2) is 0 Å². The lowest BCUT2D eigenvalue weighted by Gasteiger charge is -2.28. The van der Waals surface area contributed by atoms with Crippen molar-refractivity contribution in [2.45, 2.75) is 9.96 Å². The lowest BCUT2D eigenvalue weighted by Crippen LogP contribution is -2.56. The minimum atomic E-state index is -1.85. The number of alkyl halides is 3. The average Bonchev–Trinajstić information content (AvgIpc) is 2.67. The number of fused-ring (bicyclic) bond motifs is 1. The molecule has 0 spiro atoms. The summed E-state index contributed by atoms with van der Waals surface area (Å²) in [6.07, 6.45) is -1.07. The summed E-state index contributed by atoms with van der Waals surface area (Å²) >= 11 is 26.9. The number of halogens is 4. The summed E-state index contributed by atoms with van der Waals surface area (Å²) in [6.45, 7) is 0. The lowest BCUT2D eigenvalue weighted by atomic mass is 10.1. The zero-order chi connectivity index (χ0) is 21.0. The number of hydrogen-bond acceptors (Lipinski definition) is 2. The molecule has 0 aliphatic heterocycles. The molecule has 4 nitrogen and oxygen atoms in total. The summed E-state index contributed by atoms with van der Waals surface area (Å²) < 4.78 is -1.22.